The second kappa shape index (κ2) is 15.7. The lowest BCUT2D eigenvalue weighted by Gasteiger charge is -2.28. The van der Waals surface area contributed by atoms with Crippen molar-refractivity contribution in [2.24, 2.45) is 17.8 Å². The Morgan fingerprint density at radius 2 is 1.53 bits per heavy atom. The maximum absolute atomic E-state index is 10.7. The molecule has 1 aliphatic carbocycles. The van der Waals surface area contributed by atoms with Gasteiger partial charge < -0.3 is 10.4 Å². The minimum atomic E-state index is -0.674. The summed E-state index contributed by atoms with van der Waals surface area (Å²) in [6.45, 7) is 11.6. The lowest BCUT2D eigenvalue weighted by atomic mass is 9.77. The SMILES string of the molecule is CCC(CC)CNCC(CC)CC.O=C(O)CC1CCCC(c2ccc(Cl)cc2)C1. The Bertz CT molecular complexity index is 555. The molecule has 0 saturated heterocycles. The Labute approximate surface area is 190 Å². The third kappa shape index (κ3) is 10.8. The van der Waals surface area contributed by atoms with Crippen molar-refractivity contribution in [3.63, 3.8) is 0 Å². The summed E-state index contributed by atoms with van der Waals surface area (Å²) in [6.07, 6.45) is 9.90. The number of hydrogen-bond donors (Lipinski definition) is 2. The van der Waals surface area contributed by atoms with E-state index in [-0.39, 0.29) is 0 Å². The van der Waals surface area contributed by atoms with Gasteiger partial charge in [0.25, 0.3) is 0 Å². The van der Waals surface area contributed by atoms with Gasteiger partial charge in [-0.15, -0.1) is 0 Å². The number of carbonyl (C=O) groups is 1. The van der Waals surface area contributed by atoms with Gasteiger partial charge in [0.2, 0.25) is 0 Å². The highest BCUT2D eigenvalue weighted by Crippen LogP contribution is 2.37. The molecule has 1 saturated carbocycles. The molecule has 0 aliphatic heterocycles. The number of halogens is 1. The number of rotatable bonds is 11. The molecule has 1 aliphatic rings. The summed E-state index contributed by atoms with van der Waals surface area (Å²) in [5.41, 5.74) is 1.30. The van der Waals surface area contributed by atoms with Crippen LogP contribution in [0.1, 0.15) is 97.0 Å². The maximum atomic E-state index is 10.7. The van der Waals surface area contributed by atoms with Crippen molar-refractivity contribution in [2.75, 3.05) is 13.1 Å². The largest absolute Gasteiger partial charge is 0.481 e. The van der Waals surface area contributed by atoms with E-state index in [1.54, 1.807) is 0 Å². The fourth-order valence-electron chi connectivity index (χ4n) is 4.41. The van der Waals surface area contributed by atoms with Crippen molar-refractivity contribution in [2.45, 2.75) is 91.4 Å². The summed E-state index contributed by atoms with van der Waals surface area (Å²) >= 11 is 5.87. The molecule has 3 nitrogen and oxygen atoms in total. The van der Waals surface area contributed by atoms with Gasteiger partial charge in [0.1, 0.15) is 0 Å². The predicted molar refractivity (Wildman–Crippen MR) is 129 cm³/mol. The third-order valence-corrected chi connectivity index (χ3v) is 7.01. The Morgan fingerprint density at radius 3 is 2.00 bits per heavy atom. The molecule has 172 valence electrons. The van der Waals surface area contributed by atoms with Crippen LogP contribution < -0.4 is 5.32 Å². The van der Waals surface area contributed by atoms with E-state index in [0.717, 1.165) is 42.5 Å². The molecule has 2 rings (SSSR count). The van der Waals surface area contributed by atoms with Crippen molar-refractivity contribution in [3.8, 4) is 0 Å². The van der Waals surface area contributed by atoms with E-state index in [4.69, 9.17) is 16.7 Å². The molecule has 2 N–H and O–H groups in total. The summed E-state index contributed by atoms with van der Waals surface area (Å²) < 4.78 is 0. The quantitative estimate of drug-likeness (QED) is 0.376. The van der Waals surface area contributed by atoms with Crippen molar-refractivity contribution in [3.05, 3.63) is 34.9 Å². The molecule has 1 aromatic rings. The average molecular weight is 438 g/mol. The number of aliphatic carboxylic acids is 1. The number of carboxylic acid groups (broad SMARTS) is 1. The minimum absolute atomic E-state index is 0.310. The van der Waals surface area contributed by atoms with Crippen LogP contribution in [0.4, 0.5) is 0 Å². The molecule has 0 heterocycles. The highest BCUT2D eigenvalue weighted by atomic mass is 35.5. The van der Waals surface area contributed by atoms with Gasteiger partial charge in [-0.1, -0.05) is 83.5 Å². The van der Waals surface area contributed by atoms with Gasteiger partial charge >= 0.3 is 5.97 Å². The van der Waals surface area contributed by atoms with Crippen molar-refractivity contribution in [1.29, 1.82) is 0 Å². The summed E-state index contributed by atoms with van der Waals surface area (Å²) in [5.74, 6) is 1.93. The molecule has 4 heteroatoms. The van der Waals surface area contributed by atoms with Crippen molar-refractivity contribution < 1.29 is 9.90 Å². The smallest absolute Gasteiger partial charge is 0.303 e. The zero-order chi connectivity index (χ0) is 22.4. The molecule has 0 spiro atoms. The lowest BCUT2D eigenvalue weighted by Crippen LogP contribution is -2.27. The van der Waals surface area contributed by atoms with Crippen LogP contribution in [0.15, 0.2) is 24.3 Å². The molecule has 0 amide bonds. The van der Waals surface area contributed by atoms with Gasteiger partial charge in [-0.25, -0.2) is 0 Å². The first-order valence-electron chi connectivity index (χ1n) is 12.1. The fraction of sp³-hybridized carbons (Fsp3) is 0.731. The summed E-state index contributed by atoms with van der Waals surface area (Å²) in [7, 11) is 0. The molecule has 0 aromatic heterocycles. The highest BCUT2D eigenvalue weighted by Gasteiger charge is 2.24. The summed E-state index contributed by atoms with van der Waals surface area (Å²) in [6, 6.07) is 7.96. The molecule has 1 fully saturated rings. The van der Waals surface area contributed by atoms with Gasteiger partial charge in [0, 0.05) is 11.4 Å². The number of nitrogens with one attached hydrogen (secondary N) is 1. The first-order valence-corrected chi connectivity index (χ1v) is 12.5. The molecule has 30 heavy (non-hydrogen) atoms. The third-order valence-electron chi connectivity index (χ3n) is 6.76. The first-order chi connectivity index (χ1) is 14.4. The lowest BCUT2D eigenvalue weighted by molar-refractivity contribution is -0.138. The molecular formula is C26H44ClNO2. The summed E-state index contributed by atoms with van der Waals surface area (Å²) in [4.78, 5) is 10.7. The van der Waals surface area contributed by atoms with E-state index in [9.17, 15) is 4.79 Å². The van der Waals surface area contributed by atoms with E-state index in [2.05, 4.69) is 45.1 Å². The normalized spacial score (nSPS) is 18.9. The predicted octanol–water partition coefficient (Wildman–Crippen LogP) is 7.54. The average Bonchev–Trinajstić information content (AvgIpc) is 2.75. The molecule has 0 radical (unpaired) electrons. The van der Waals surface area contributed by atoms with E-state index in [1.165, 1.54) is 44.3 Å². The second-order valence-electron chi connectivity index (χ2n) is 8.90. The van der Waals surface area contributed by atoms with Crippen LogP contribution in [-0.2, 0) is 4.79 Å². The van der Waals surface area contributed by atoms with Crippen LogP contribution in [0.25, 0.3) is 0 Å². The zero-order valence-electron chi connectivity index (χ0n) is 19.6. The van der Waals surface area contributed by atoms with Crippen LogP contribution in [0.5, 0.6) is 0 Å². The first kappa shape index (κ1) is 27.0. The molecule has 2 unspecified atom stereocenters. The second-order valence-corrected chi connectivity index (χ2v) is 9.34. The monoisotopic (exact) mass is 437 g/mol. The van der Waals surface area contributed by atoms with E-state index >= 15 is 0 Å². The van der Waals surface area contributed by atoms with E-state index in [0.29, 0.717) is 18.3 Å². The number of hydrogen-bond acceptors (Lipinski definition) is 2. The van der Waals surface area contributed by atoms with E-state index in [1.807, 2.05) is 12.1 Å². The van der Waals surface area contributed by atoms with Crippen LogP contribution >= 0.6 is 11.6 Å². The zero-order valence-corrected chi connectivity index (χ0v) is 20.4. The Hall–Kier alpha value is -1.06. The van der Waals surface area contributed by atoms with Crippen LogP contribution in [0.2, 0.25) is 5.02 Å². The molecule has 2 atom stereocenters. The summed E-state index contributed by atoms with van der Waals surface area (Å²) in [5, 5.41) is 13.2. The highest BCUT2D eigenvalue weighted by molar-refractivity contribution is 6.30. The van der Waals surface area contributed by atoms with E-state index < -0.39 is 5.97 Å². The van der Waals surface area contributed by atoms with Gasteiger partial charge in [-0.3, -0.25) is 4.79 Å². The van der Waals surface area contributed by atoms with Crippen molar-refractivity contribution in [1.82, 2.24) is 5.32 Å². The van der Waals surface area contributed by atoms with Crippen LogP contribution in [0.3, 0.4) is 0 Å². The van der Waals surface area contributed by atoms with Gasteiger partial charge in [0.05, 0.1) is 0 Å². The topological polar surface area (TPSA) is 49.3 Å². The molecular weight excluding hydrogens is 394 g/mol. The molecule has 1 aromatic carbocycles. The fourth-order valence-corrected chi connectivity index (χ4v) is 4.53. The van der Waals surface area contributed by atoms with Gasteiger partial charge in [0.15, 0.2) is 0 Å². The minimum Gasteiger partial charge on any atom is -0.481 e. The van der Waals surface area contributed by atoms with Gasteiger partial charge in [-0.2, -0.15) is 0 Å². The van der Waals surface area contributed by atoms with Crippen LogP contribution in [-0.4, -0.2) is 24.2 Å². The van der Waals surface area contributed by atoms with Crippen LogP contribution in [0, 0.1) is 17.8 Å². The standard InChI is InChI=1S/C14H17ClO2.C12H27N/c15-13-6-4-11(5-7-13)12-3-1-2-10(8-12)9-14(16)17;1-5-11(6-2)9-13-10-12(7-3)8-4/h4-7,10,12H,1-3,8-9H2,(H,16,17);11-13H,5-10H2,1-4H3. The number of benzene rings is 1. The Balaban J connectivity index is 0.000000314. The Morgan fingerprint density at radius 1 is 1.00 bits per heavy atom. The van der Waals surface area contributed by atoms with Gasteiger partial charge in [-0.05, 0) is 73.7 Å². The molecule has 0 bridgehead atoms. The Kier molecular flexibility index (Phi) is 14.1. The van der Waals surface area contributed by atoms with Crippen molar-refractivity contribution >= 4 is 17.6 Å². The maximum Gasteiger partial charge on any atom is 0.303 e. The number of carboxylic acids is 1.